The van der Waals surface area contributed by atoms with E-state index >= 15 is 0 Å². The molecule has 0 radical (unpaired) electrons. The van der Waals surface area contributed by atoms with Crippen LogP contribution in [0.15, 0.2) is 54.6 Å². The SMILES string of the molecule is NNC(Cc1ccc(C(F)(F)F)cc1)c1ccccc1. The zero-order valence-electron chi connectivity index (χ0n) is 10.7. The summed E-state index contributed by atoms with van der Waals surface area (Å²) in [6, 6.07) is 14.6. The van der Waals surface area contributed by atoms with E-state index in [1.165, 1.54) is 12.1 Å². The van der Waals surface area contributed by atoms with Gasteiger partial charge in [-0.1, -0.05) is 42.5 Å². The minimum atomic E-state index is -4.30. The van der Waals surface area contributed by atoms with Gasteiger partial charge in [0.05, 0.1) is 5.56 Å². The van der Waals surface area contributed by atoms with E-state index in [4.69, 9.17) is 5.84 Å². The second-order valence-electron chi connectivity index (χ2n) is 4.53. The Morgan fingerprint density at radius 3 is 2.05 bits per heavy atom. The number of halogens is 3. The van der Waals surface area contributed by atoms with E-state index in [-0.39, 0.29) is 6.04 Å². The van der Waals surface area contributed by atoms with Gasteiger partial charge in [-0.05, 0) is 29.7 Å². The van der Waals surface area contributed by atoms with Crippen molar-refractivity contribution in [3.05, 3.63) is 71.3 Å². The molecule has 1 atom stereocenters. The lowest BCUT2D eigenvalue weighted by Crippen LogP contribution is -2.29. The van der Waals surface area contributed by atoms with Crippen LogP contribution in [0.5, 0.6) is 0 Å². The molecule has 106 valence electrons. The van der Waals surface area contributed by atoms with Crippen LogP contribution < -0.4 is 11.3 Å². The second kappa shape index (κ2) is 6.07. The zero-order chi connectivity index (χ0) is 14.6. The average molecular weight is 280 g/mol. The number of nitrogens with two attached hydrogens (primary N) is 1. The molecule has 0 fully saturated rings. The maximum absolute atomic E-state index is 12.5. The van der Waals surface area contributed by atoms with E-state index in [2.05, 4.69) is 5.43 Å². The third-order valence-corrected chi connectivity index (χ3v) is 3.12. The number of alkyl halides is 3. The van der Waals surface area contributed by atoms with Gasteiger partial charge in [-0.15, -0.1) is 0 Å². The van der Waals surface area contributed by atoms with E-state index in [1.807, 2.05) is 30.3 Å². The quantitative estimate of drug-likeness (QED) is 0.665. The topological polar surface area (TPSA) is 38.0 Å². The Labute approximate surface area is 115 Å². The monoisotopic (exact) mass is 280 g/mol. The maximum Gasteiger partial charge on any atom is 0.416 e. The highest BCUT2D eigenvalue weighted by Gasteiger charge is 2.29. The summed E-state index contributed by atoms with van der Waals surface area (Å²) in [5.74, 6) is 5.52. The fourth-order valence-corrected chi connectivity index (χ4v) is 2.02. The first-order valence-electron chi connectivity index (χ1n) is 6.18. The summed E-state index contributed by atoms with van der Waals surface area (Å²) in [6.07, 6.45) is -3.78. The van der Waals surface area contributed by atoms with E-state index < -0.39 is 11.7 Å². The Hall–Kier alpha value is -1.85. The van der Waals surface area contributed by atoms with Crippen molar-refractivity contribution in [1.82, 2.24) is 5.43 Å². The Kier molecular flexibility index (Phi) is 4.42. The van der Waals surface area contributed by atoms with Crippen molar-refractivity contribution < 1.29 is 13.2 Å². The van der Waals surface area contributed by atoms with Crippen molar-refractivity contribution in [1.29, 1.82) is 0 Å². The molecule has 0 aliphatic heterocycles. The van der Waals surface area contributed by atoms with Crippen molar-refractivity contribution in [2.45, 2.75) is 18.6 Å². The number of hydrazine groups is 1. The fraction of sp³-hybridized carbons (Fsp3) is 0.200. The maximum atomic E-state index is 12.5. The summed E-state index contributed by atoms with van der Waals surface area (Å²) in [6.45, 7) is 0. The number of rotatable bonds is 4. The Morgan fingerprint density at radius 2 is 1.55 bits per heavy atom. The van der Waals surface area contributed by atoms with Crippen LogP contribution in [0.1, 0.15) is 22.7 Å². The molecule has 0 aromatic heterocycles. The van der Waals surface area contributed by atoms with Crippen LogP contribution >= 0.6 is 0 Å². The van der Waals surface area contributed by atoms with Gasteiger partial charge in [0.25, 0.3) is 0 Å². The molecular formula is C15H15F3N2. The summed E-state index contributed by atoms with van der Waals surface area (Å²) >= 11 is 0. The molecule has 1 unspecified atom stereocenters. The van der Waals surface area contributed by atoms with Gasteiger partial charge in [-0.25, -0.2) is 0 Å². The smallest absolute Gasteiger partial charge is 0.271 e. The predicted molar refractivity (Wildman–Crippen MR) is 71.7 cm³/mol. The normalized spacial score (nSPS) is 13.2. The summed E-state index contributed by atoms with van der Waals surface area (Å²) in [7, 11) is 0. The molecule has 0 heterocycles. The molecule has 0 amide bonds. The zero-order valence-corrected chi connectivity index (χ0v) is 10.7. The van der Waals surface area contributed by atoms with Crippen LogP contribution in [-0.2, 0) is 12.6 Å². The van der Waals surface area contributed by atoms with Crippen LogP contribution in [0.25, 0.3) is 0 Å². The van der Waals surface area contributed by atoms with Gasteiger partial charge in [-0.2, -0.15) is 13.2 Å². The van der Waals surface area contributed by atoms with E-state index in [0.29, 0.717) is 6.42 Å². The third kappa shape index (κ3) is 3.59. The van der Waals surface area contributed by atoms with Crippen molar-refractivity contribution in [2.75, 3.05) is 0 Å². The number of nitrogens with one attached hydrogen (secondary N) is 1. The molecule has 0 saturated heterocycles. The van der Waals surface area contributed by atoms with Gasteiger partial charge in [0.2, 0.25) is 0 Å². The van der Waals surface area contributed by atoms with Gasteiger partial charge in [0, 0.05) is 6.04 Å². The molecule has 5 heteroatoms. The van der Waals surface area contributed by atoms with Gasteiger partial charge in [0.15, 0.2) is 0 Å². The molecule has 0 spiro atoms. The van der Waals surface area contributed by atoms with Crippen LogP contribution in [0.4, 0.5) is 13.2 Å². The molecule has 0 saturated carbocycles. The lowest BCUT2D eigenvalue weighted by atomic mass is 9.98. The van der Waals surface area contributed by atoms with E-state index in [9.17, 15) is 13.2 Å². The van der Waals surface area contributed by atoms with Crippen LogP contribution in [-0.4, -0.2) is 0 Å². The lowest BCUT2D eigenvalue weighted by molar-refractivity contribution is -0.137. The largest absolute Gasteiger partial charge is 0.416 e. The molecule has 2 rings (SSSR count). The minimum absolute atomic E-state index is 0.132. The lowest BCUT2D eigenvalue weighted by Gasteiger charge is -2.16. The van der Waals surface area contributed by atoms with Gasteiger partial charge < -0.3 is 0 Å². The fourth-order valence-electron chi connectivity index (χ4n) is 2.02. The molecular weight excluding hydrogens is 265 g/mol. The van der Waals surface area contributed by atoms with E-state index in [1.54, 1.807) is 0 Å². The molecule has 0 aliphatic rings. The first kappa shape index (κ1) is 14.6. The molecule has 2 nitrogen and oxygen atoms in total. The van der Waals surface area contributed by atoms with Gasteiger partial charge in [-0.3, -0.25) is 11.3 Å². The highest BCUT2D eigenvalue weighted by atomic mass is 19.4. The van der Waals surface area contributed by atoms with Gasteiger partial charge in [0.1, 0.15) is 0 Å². The Balaban J connectivity index is 2.13. The molecule has 2 aromatic rings. The summed E-state index contributed by atoms with van der Waals surface area (Å²) < 4.78 is 37.4. The molecule has 0 bridgehead atoms. The molecule has 2 aromatic carbocycles. The van der Waals surface area contributed by atoms with Crippen molar-refractivity contribution >= 4 is 0 Å². The third-order valence-electron chi connectivity index (χ3n) is 3.12. The van der Waals surface area contributed by atoms with Crippen LogP contribution in [0, 0.1) is 0 Å². The van der Waals surface area contributed by atoms with Crippen LogP contribution in [0.2, 0.25) is 0 Å². The summed E-state index contributed by atoms with van der Waals surface area (Å²) in [5, 5.41) is 0. The van der Waals surface area contributed by atoms with Crippen molar-refractivity contribution in [2.24, 2.45) is 5.84 Å². The number of hydrogen-bond acceptors (Lipinski definition) is 2. The first-order valence-corrected chi connectivity index (χ1v) is 6.18. The molecule has 20 heavy (non-hydrogen) atoms. The minimum Gasteiger partial charge on any atom is -0.271 e. The highest BCUT2D eigenvalue weighted by molar-refractivity contribution is 5.27. The Bertz CT molecular complexity index is 535. The van der Waals surface area contributed by atoms with Crippen LogP contribution in [0.3, 0.4) is 0 Å². The predicted octanol–water partition coefficient (Wildman–Crippen LogP) is 3.45. The molecule has 0 aliphatic carbocycles. The Morgan fingerprint density at radius 1 is 0.950 bits per heavy atom. The molecule has 3 N–H and O–H groups in total. The number of benzene rings is 2. The first-order chi connectivity index (χ1) is 9.50. The number of hydrogen-bond donors (Lipinski definition) is 2. The average Bonchev–Trinajstić information content (AvgIpc) is 2.45. The standard InChI is InChI=1S/C15H15F3N2/c16-15(17,18)13-8-6-11(7-9-13)10-14(20-19)12-4-2-1-3-5-12/h1-9,14,20H,10,19H2. The highest BCUT2D eigenvalue weighted by Crippen LogP contribution is 2.29. The van der Waals surface area contributed by atoms with Gasteiger partial charge >= 0.3 is 6.18 Å². The van der Waals surface area contributed by atoms with E-state index in [0.717, 1.165) is 23.3 Å². The summed E-state index contributed by atoms with van der Waals surface area (Å²) in [5.41, 5.74) is 3.84. The second-order valence-corrected chi connectivity index (χ2v) is 4.53. The van der Waals surface area contributed by atoms with Crippen molar-refractivity contribution in [3.63, 3.8) is 0 Å². The van der Waals surface area contributed by atoms with Crippen molar-refractivity contribution in [3.8, 4) is 0 Å². The summed E-state index contributed by atoms with van der Waals surface area (Å²) in [4.78, 5) is 0.